The van der Waals surface area contributed by atoms with Crippen molar-refractivity contribution in [2.24, 2.45) is 0 Å². The minimum absolute atomic E-state index is 0. The standard InChI is InChI=1S/C24H12O8.4Li.4H/c25-21(26)13-5-1-9-10-2-6-15(23(29)30)20-16(24(31)32)8-4-12(18(10)20)11-3-7-14(22(27)28)19(13)17(9)11;;;;;;;;/h1-8H,(H,25,26)(H,27,28)(H,29,30)(H,31,32);;;;;;;;. The molecule has 36 heavy (non-hydrogen) atoms. The molecular formula is C24H16Li4O8. The molecule has 0 bridgehead atoms. The predicted octanol–water partition coefficient (Wildman–Crippen LogP) is 1.94. The topological polar surface area (TPSA) is 149 Å². The van der Waals surface area contributed by atoms with Gasteiger partial charge in [-0.1, -0.05) is 24.3 Å². The minimum atomic E-state index is -1.28. The molecule has 8 nitrogen and oxygen atoms in total. The van der Waals surface area contributed by atoms with Gasteiger partial charge in [0.15, 0.2) is 0 Å². The molecule has 0 aromatic heterocycles. The quantitative estimate of drug-likeness (QED) is 0.181. The van der Waals surface area contributed by atoms with Gasteiger partial charge in [-0.05, 0) is 56.6 Å². The monoisotopic (exact) mass is 460 g/mol. The van der Waals surface area contributed by atoms with Crippen LogP contribution in [0.4, 0.5) is 0 Å². The summed E-state index contributed by atoms with van der Waals surface area (Å²) in [6.07, 6.45) is 0. The van der Waals surface area contributed by atoms with Crippen molar-refractivity contribution in [3.05, 3.63) is 70.8 Å². The number of carboxylic acid groups (broad SMARTS) is 4. The van der Waals surface area contributed by atoms with Crippen LogP contribution in [-0.2, 0) is 0 Å². The van der Waals surface area contributed by atoms with E-state index in [2.05, 4.69) is 0 Å². The summed E-state index contributed by atoms with van der Waals surface area (Å²) in [6.45, 7) is 0. The second kappa shape index (κ2) is 11.4. The van der Waals surface area contributed by atoms with Gasteiger partial charge in [-0.25, -0.2) is 19.2 Å². The van der Waals surface area contributed by atoms with E-state index in [1.807, 2.05) is 0 Å². The first-order valence-corrected chi connectivity index (χ1v) is 9.35. The number of benzene rings is 5. The Morgan fingerprint density at radius 2 is 0.556 bits per heavy atom. The van der Waals surface area contributed by atoms with Gasteiger partial charge in [0.2, 0.25) is 0 Å². The molecule has 0 atom stereocenters. The van der Waals surface area contributed by atoms with Gasteiger partial charge in [-0.2, -0.15) is 0 Å². The third kappa shape index (κ3) is 4.47. The predicted molar refractivity (Wildman–Crippen MR) is 144 cm³/mol. The zero-order valence-corrected chi connectivity index (χ0v) is 16.0. The summed E-state index contributed by atoms with van der Waals surface area (Å²) in [4.78, 5) is 47.5. The van der Waals surface area contributed by atoms with E-state index < -0.39 is 23.9 Å². The third-order valence-electron chi connectivity index (χ3n) is 5.82. The van der Waals surface area contributed by atoms with Crippen LogP contribution in [-0.4, -0.2) is 120 Å². The first-order chi connectivity index (χ1) is 15.2. The number of rotatable bonds is 4. The average molecular weight is 460 g/mol. The van der Waals surface area contributed by atoms with Crippen LogP contribution in [0.5, 0.6) is 0 Å². The Hall–Kier alpha value is -2.33. The van der Waals surface area contributed by atoms with E-state index in [-0.39, 0.29) is 108 Å². The molecule has 0 spiro atoms. The summed E-state index contributed by atoms with van der Waals surface area (Å²) in [5.74, 6) is -5.13. The molecule has 0 aliphatic rings. The Balaban J connectivity index is 0.00000162. The first kappa shape index (κ1) is 31.7. The van der Waals surface area contributed by atoms with E-state index in [1.165, 1.54) is 48.5 Å². The van der Waals surface area contributed by atoms with Crippen molar-refractivity contribution < 1.29 is 39.6 Å². The van der Waals surface area contributed by atoms with Crippen molar-refractivity contribution in [3.63, 3.8) is 0 Å². The number of aromatic carboxylic acids is 4. The zero-order valence-electron chi connectivity index (χ0n) is 16.0. The van der Waals surface area contributed by atoms with Gasteiger partial charge in [0.25, 0.3) is 0 Å². The molecule has 0 aliphatic carbocycles. The SMILES string of the molecule is O=C(O)c1ccc2c3ccc(C(=O)O)c4c(C(=O)O)ccc(c5ccc(C(=O)O)c1c25)c43.[LiH].[LiH].[LiH].[LiH]. The fraction of sp³-hybridized carbons (Fsp3) is 0. The van der Waals surface area contributed by atoms with Crippen molar-refractivity contribution in [2.75, 3.05) is 0 Å². The Morgan fingerprint density at radius 3 is 0.722 bits per heavy atom. The van der Waals surface area contributed by atoms with Crippen molar-refractivity contribution in [2.45, 2.75) is 0 Å². The third-order valence-corrected chi connectivity index (χ3v) is 5.82. The van der Waals surface area contributed by atoms with Gasteiger partial charge in [0.1, 0.15) is 0 Å². The second-order valence-corrected chi connectivity index (χ2v) is 7.36. The van der Waals surface area contributed by atoms with E-state index in [0.29, 0.717) is 32.3 Å². The van der Waals surface area contributed by atoms with Crippen molar-refractivity contribution in [1.29, 1.82) is 0 Å². The molecule has 5 rings (SSSR count). The van der Waals surface area contributed by atoms with Gasteiger partial charge < -0.3 is 20.4 Å². The van der Waals surface area contributed by atoms with Crippen LogP contribution in [0.25, 0.3) is 43.1 Å². The van der Waals surface area contributed by atoms with Crippen molar-refractivity contribution >= 4 is 142 Å². The maximum atomic E-state index is 11.9. The van der Waals surface area contributed by atoms with E-state index in [9.17, 15) is 39.6 Å². The summed E-state index contributed by atoms with van der Waals surface area (Å²) in [7, 11) is 0. The molecule has 5 aromatic carbocycles. The van der Waals surface area contributed by atoms with Gasteiger partial charge in [0, 0.05) is 10.8 Å². The molecular weight excluding hydrogens is 444 g/mol. The van der Waals surface area contributed by atoms with E-state index in [0.717, 1.165) is 0 Å². The molecule has 0 heterocycles. The molecule has 164 valence electrons. The molecule has 0 radical (unpaired) electrons. The molecule has 0 unspecified atom stereocenters. The second-order valence-electron chi connectivity index (χ2n) is 7.36. The van der Waals surface area contributed by atoms with Crippen LogP contribution in [0, 0.1) is 0 Å². The Kier molecular flexibility index (Phi) is 10.0. The van der Waals surface area contributed by atoms with Gasteiger partial charge in [-0.15, -0.1) is 0 Å². The molecule has 0 fully saturated rings. The summed E-state index contributed by atoms with van der Waals surface area (Å²) >= 11 is 0. The van der Waals surface area contributed by atoms with Crippen LogP contribution >= 0.6 is 0 Å². The molecule has 4 N–H and O–H groups in total. The van der Waals surface area contributed by atoms with Crippen LogP contribution in [0.3, 0.4) is 0 Å². The van der Waals surface area contributed by atoms with Gasteiger partial charge >= 0.3 is 99.3 Å². The van der Waals surface area contributed by atoms with Crippen molar-refractivity contribution in [1.82, 2.24) is 0 Å². The maximum absolute atomic E-state index is 11.9. The molecule has 0 saturated heterocycles. The summed E-state index contributed by atoms with van der Waals surface area (Å²) in [6, 6.07) is 11.4. The summed E-state index contributed by atoms with van der Waals surface area (Å²) in [5.41, 5.74) is -0.696. The first-order valence-electron chi connectivity index (χ1n) is 9.35. The number of fused-ring (bicyclic) bond motifs is 2. The number of hydrogen-bond donors (Lipinski definition) is 4. The summed E-state index contributed by atoms with van der Waals surface area (Å²) in [5, 5.41) is 41.7. The van der Waals surface area contributed by atoms with Crippen LogP contribution in [0.15, 0.2) is 48.5 Å². The summed E-state index contributed by atoms with van der Waals surface area (Å²) < 4.78 is 0. The van der Waals surface area contributed by atoms with Gasteiger partial charge in [0.05, 0.1) is 22.3 Å². The Labute approximate surface area is 251 Å². The normalized spacial score (nSPS) is 10.2. The number of carboxylic acids is 4. The molecule has 0 saturated carbocycles. The molecule has 5 aromatic rings. The molecule has 12 heteroatoms. The number of carbonyl (C=O) groups is 4. The number of hydrogen-bond acceptors (Lipinski definition) is 4. The van der Waals surface area contributed by atoms with Gasteiger partial charge in [-0.3, -0.25) is 0 Å². The van der Waals surface area contributed by atoms with E-state index in [4.69, 9.17) is 0 Å². The fourth-order valence-electron chi connectivity index (χ4n) is 4.60. The van der Waals surface area contributed by atoms with Crippen LogP contribution in [0.1, 0.15) is 41.4 Å². The van der Waals surface area contributed by atoms with Crippen LogP contribution in [0.2, 0.25) is 0 Å². The van der Waals surface area contributed by atoms with E-state index >= 15 is 0 Å². The van der Waals surface area contributed by atoms with Crippen molar-refractivity contribution in [3.8, 4) is 0 Å². The van der Waals surface area contributed by atoms with E-state index in [1.54, 1.807) is 0 Å². The Morgan fingerprint density at radius 1 is 0.361 bits per heavy atom. The molecule has 0 amide bonds. The fourth-order valence-corrected chi connectivity index (χ4v) is 4.60. The van der Waals surface area contributed by atoms with Crippen LogP contribution < -0.4 is 0 Å². The Bertz CT molecular complexity index is 1460. The molecule has 0 aliphatic heterocycles. The average Bonchev–Trinajstić information content (AvgIpc) is 2.75. The zero-order chi connectivity index (χ0) is 22.9.